The molecule has 0 unspecified atom stereocenters. The zero-order valence-electron chi connectivity index (χ0n) is 7.85. The van der Waals surface area contributed by atoms with Crippen LogP contribution in [0.4, 0.5) is 5.82 Å². The van der Waals surface area contributed by atoms with Crippen LogP contribution in [0.2, 0.25) is 0 Å². The number of hydrogen-bond acceptors (Lipinski definition) is 3. The van der Waals surface area contributed by atoms with E-state index in [2.05, 4.69) is 10.3 Å². The summed E-state index contributed by atoms with van der Waals surface area (Å²) in [6.45, 7) is 0.959. The summed E-state index contributed by atoms with van der Waals surface area (Å²) in [7, 11) is 0. The first-order valence-corrected chi connectivity index (χ1v) is 4.68. The molecule has 2 aromatic heterocycles. The highest BCUT2D eigenvalue weighted by Gasteiger charge is 1.98. The fraction of sp³-hybridized carbons (Fsp3) is 0.300. The van der Waals surface area contributed by atoms with E-state index in [0.717, 1.165) is 24.4 Å². The molecule has 0 amide bonds. The van der Waals surface area contributed by atoms with Crippen molar-refractivity contribution in [3.63, 3.8) is 0 Å². The molecule has 0 aliphatic carbocycles. The summed E-state index contributed by atoms with van der Waals surface area (Å²) < 4.78 is 1.96. The molecule has 0 bridgehead atoms. The largest absolute Gasteiger partial charge is 0.396 e. The Balaban J connectivity index is 2.11. The molecule has 0 aromatic carbocycles. The van der Waals surface area contributed by atoms with E-state index in [1.165, 1.54) is 0 Å². The molecule has 0 spiro atoms. The van der Waals surface area contributed by atoms with Crippen molar-refractivity contribution in [1.82, 2.24) is 9.38 Å². The van der Waals surface area contributed by atoms with Gasteiger partial charge in [0.25, 0.3) is 0 Å². The van der Waals surface area contributed by atoms with Gasteiger partial charge in [-0.15, -0.1) is 0 Å². The number of aliphatic hydroxyl groups excluding tert-OH is 1. The van der Waals surface area contributed by atoms with Gasteiger partial charge >= 0.3 is 0 Å². The van der Waals surface area contributed by atoms with Crippen molar-refractivity contribution < 1.29 is 5.11 Å². The molecule has 4 heteroatoms. The molecule has 14 heavy (non-hydrogen) atoms. The summed E-state index contributed by atoms with van der Waals surface area (Å²) in [5.41, 5.74) is 0.930. The molecule has 2 heterocycles. The van der Waals surface area contributed by atoms with E-state index in [0.29, 0.717) is 0 Å². The summed E-state index contributed by atoms with van der Waals surface area (Å²) >= 11 is 0. The van der Waals surface area contributed by atoms with E-state index < -0.39 is 0 Å². The molecule has 0 radical (unpaired) electrons. The van der Waals surface area contributed by atoms with Crippen molar-refractivity contribution in [3.05, 3.63) is 30.6 Å². The van der Waals surface area contributed by atoms with Gasteiger partial charge in [-0.1, -0.05) is 6.07 Å². The first-order chi connectivity index (χ1) is 6.90. The third kappa shape index (κ3) is 1.85. The van der Waals surface area contributed by atoms with Gasteiger partial charge in [0, 0.05) is 19.3 Å². The summed E-state index contributed by atoms with van der Waals surface area (Å²) in [5.74, 6) is 0.852. The SMILES string of the molecule is OCCCNc1cn2ccccc2n1. The Kier molecular flexibility index (Phi) is 2.65. The number of aliphatic hydroxyl groups is 1. The maximum atomic E-state index is 8.62. The van der Waals surface area contributed by atoms with Crippen LogP contribution in [0, 0.1) is 0 Å². The second-order valence-electron chi connectivity index (χ2n) is 3.10. The number of pyridine rings is 1. The Bertz CT molecular complexity index is 377. The fourth-order valence-corrected chi connectivity index (χ4v) is 1.32. The quantitative estimate of drug-likeness (QED) is 0.712. The van der Waals surface area contributed by atoms with Crippen molar-refractivity contribution in [2.75, 3.05) is 18.5 Å². The summed E-state index contributed by atoms with van der Waals surface area (Å²) in [6.07, 6.45) is 4.64. The van der Waals surface area contributed by atoms with Crippen LogP contribution in [0.1, 0.15) is 6.42 Å². The fourth-order valence-electron chi connectivity index (χ4n) is 1.32. The highest BCUT2D eigenvalue weighted by Crippen LogP contribution is 2.08. The lowest BCUT2D eigenvalue weighted by Gasteiger charge is -1.98. The number of nitrogens with one attached hydrogen (secondary N) is 1. The van der Waals surface area contributed by atoms with Crippen LogP contribution < -0.4 is 5.32 Å². The highest BCUT2D eigenvalue weighted by atomic mass is 16.3. The lowest BCUT2D eigenvalue weighted by atomic mass is 10.4. The van der Waals surface area contributed by atoms with Gasteiger partial charge < -0.3 is 14.8 Å². The average Bonchev–Trinajstić information content (AvgIpc) is 2.60. The molecule has 0 fully saturated rings. The molecular weight excluding hydrogens is 178 g/mol. The third-order valence-corrected chi connectivity index (χ3v) is 2.00. The van der Waals surface area contributed by atoms with Crippen LogP contribution in [-0.2, 0) is 0 Å². The molecule has 0 aliphatic rings. The van der Waals surface area contributed by atoms with E-state index in [1.807, 2.05) is 35.0 Å². The van der Waals surface area contributed by atoms with Crippen molar-refractivity contribution in [2.24, 2.45) is 0 Å². The third-order valence-electron chi connectivity index (χ3n) is 2.00. The highest BCUT2D eigenvalue weighted by molar-refractivity contribution is 5.48. The maximum absolute atomic E-state index is 8.62. The molecule has 0 saturated carbocycles. The maximum Gasteiger partial charge on any atom is 0.145 e. The topological polar surface area (TPSA) is 49.6 Å². The Morgan fingerprint density at radius 3 is 3.14 bits per heavy atom. The molecule has 2 aromatic rings. The summed E-state index contributed by atoms with van der Waals surface area (Å²) in [4.78, 5) is 4.35. The number of hydrogen-bond donors (Lipinski definition) is 2. The molecule has 0 saturated heterocycles. The first kappa shape index (κ1) is 9.02. The van der Waals surface area contributed by atoms with E-state index in [-0.39, 0.29) is 6.61 Å². The van der Waals surface area contributed by atoms with E-state index >= 15 is 0 Å². The Hall–Kier alpha value is -1.55. The number of imidazole rings is 1. The Labute approximate surface area is 82.2 Å². The molecule has 4 nitrogen and oxygen atoms in total. The van der Waals surface area contributed by atoms with Crippen LogP contribution in [0.15, 0.2) is 30.6 Å². The number of fused-ring (bicyclic) bond motifs is 1. The second-order valence-corrected chi connectivity index (χ2v) is 3.10. The van der Waals surface area contributed by atoms with Gasteiger partial charge in [0.1, 0.15) is 11.5 Å². The smallest absolute Gasteiger partial charge is 0.145 e. The van der Waals surface area contributed by atoms with Crippen molar-refractivity contribution in [1.29, 1.82) is 0 Å². The van der Waals surface area contributed by atoms with E-state index in [1.54, 1.807) is 0 Å². The first-order valence-electron chi connectivity index (χ1n) is 4.68. The normalized spacial score (nSPS) is 10.6. The predicted molar refractivity (Wildman–Crippen MR) is 55.4 cm³/mol. The van der Waals surface area contributed by atoms with Crippen LogP contribution in [0.25, 0.3) is 5.65 Å². The van der Waals surface area contributed by atoms with Crippen LogP contribution in [0.3, 0.4) is 0 Å². The minimum Gasteiger partial charge on any atom is -0.396 e. The van der Waals surface area contributed by atoms with Crippen molar-refractivity contribution in [3.8, 4) is 0 Å². The number of aromatic nitrogens is 2. The van der Waals surface area contributed by atoms with Gasteiger partial charge in [-0.25, -0.2) is 4.98 Å². The molecule has 0 atom stereocenters. The van der Waals surface area contributed by atoms with Gasteiger partial charge in [0.05, 0.1) is 6.20 Å². The summed E-state index contributed by atoms with van der Waals surface area (Å²) in [6, 6.07) is 5.88. The summed E-state index contributed by atoms with van der Waals surface area (Å²) in [5, 5.41) is 11.8. The lowest BCUT2D eigenvalue weighted by molar-refractivity contribution is 0.292. The number of anilines is 1. The second kappa shape index (κ2) is 4.11. The monoisotopic (exact) mass is 191 g/mol. The molecule has 2 rings (SSSR count). The number of rotatable bonds is 4. The zero-order chi connectivity index (χ0) is 9.80. The molecule has 74 valence electrons. The van der Waals surface area contributed by atoms with Gasteiger partial charge in [0.15, 0.2) is 0 Å². The van der Waals surface area contributed by atoms with Crippen molar-refractivity contribution >= 4 is 11.5 Å². The zero-order valence-corrected chi connectivity index (χ0v) is 7.85. The van der Waals surface area contributed by atoms with Gasteiger partial charge in [-0.3, -0.25) is 0 Å². The molecule has 0 aliphatic heterocycles. The predicted octanol–water partition coefficient (Wildman–Crippen LogP) is 1.13. The molecular formula is C10H13N3O. The van der Waals surface area contributed by atoms with Gasteiger partial charge in [-0.05, 0) is 18.6 Å². The van der Waals surface area contributed by atoms with Gasteiger partial charge in [0.2, 0.25) is 0 Å². The lowest BCUT2D eigenvalue weighted by Crippen LogP contribution is -2.03. The molecule has 2 N–H and O–H groups in total. The van der Waals surface area contributed by atoms with Crippen LogP contribution in [0.5, 0.6) is 0 Å². The minimum atomic E-state index is 0.209. The Morgan fingerprint density at radius 2 is 2.36 bits per heavy atom. The van der Waals surface area contributed by atoms with Crippen LogP contribution >= 0.6 is 0 Å². The average molecular weight is 191 g/mol. The Morgan fingerprint density at radius 1 is 1.43 bits per heavy atom. The number of nitrogens with zero attached hydrogens (tertiary/aromatic N) is 2. The minimum absolute atomic E-state index is 0.209. The standard InChI is InChI=1S/C10H13N3O/c14-7-3-5-11-9-8-13-6-2-1-4-10(13)12-9/h1-2,4,6,8,11,14H,3,5,7H2. The van der Waals surface area contributed by atoms with E-state index in [9.17, 15) is 0 Å². The van der Waals surface area contributed by atoms with Gasteiger partial charge in [-0.2, -0.15) is 0 Å². The van der Waals surface area contributed by atoms with Crippen molar-refractivity contribution in [2.45, 2.75) is 6.42 Å². The van der Waals surface area contributed by atoms with E-state index in [4.69, 9.17) is 5.11 Å². The van der Waals surface area contributed by atoms with Crippen LogP contribution in [-0.4, -0.2) is 27.6 Å².